The van der Waals surface area contributed by atoms with Crippen molar-refractivity contribution in [1.29, 1.82) is 0 Å². The Morgan fingerprint density at radius 3 is 1.25 bits per heavy atom. The molecule has 1 aromatic heterocycles. The Morgan fingerprint density at radius 1 is 0.291 bits per heavy atom. The van der Waals surface area contributed by atoms with E-state index in [0.717, 1.165) is 33.2 Å². The van der Waals surface area contributed by atoms with E-state index < -0.39 is 0 Å². The van der Waals surface area contributed by atoms with Crippen molar-refractivity contribution in [2.45, 2.75) is 19.3 Å². The second kappa shape index (κ2) is 13.2. The van der Waals surface area contributed by atoms with Gasteiger partial charge in [-0.05, 0) is 66.4 Å². The summed E-state index contributed by atoms with van der Waals surface area (Å²) in [6, 6.07) is 66.6. The van der Waals surface area contributed by atoms with Gasteiger partial charge in [0.25, 0.3) is 0 Å². The van der Waals surface area contributed by atoms with Crippen LogP contribution in [0, 0.1) is 0 Å². The lowest BCUT2D eigenvalue weighted by molar-refractivity contribution is 0.662. The fraction of sp³-hybridized carbons (Fsp3) is 0.0577. The maximum atomic E-state index is 5.21. The molecule has 55 heavy (non-hydrogen) atoms. The lowest BCUT2D eigenvalue weighted by Crippen LogP contribution is -2.16. The van der Waals surface area contributed by atoms with Gasteiger partial charge in [0.15, 0.2) is 17.5 Å². The van der Waals surface area contributed by atoms with Crippen LogP contribution in [0.15, 0.2) is 188 Å². The SMILES string of the molecule is CC1(C)c2ccccc2-c2cccc(-c3cccc4c(-c5nc(-c6ccc(-c7ccccc7)cc6)nc(-c6ccc(-c7ccccc7)cc6)n5)cccc34)c21. The van der Waals surface area contributed by atoms with E-state index in [2.05, 4.69) is 190 Å². The molecule has 1 aliphatic rings. The fourth-order valence-electron chi connectivity index (χ4n) is 8.45. The van der Waals surface area contributed by atoms with E-state index >= 15 is 0 Å². The van der Waals surface area contributed by atoms with Gasteiger partial charge in [0.1, 0.15) is 0 Å². The molecule has 0 N–H and O–H groups in total. The highest BCUT2D eigenvalue weighted by Crippen LogP contribution is 2.52. The van der Waals surface area contributed by atoms with E-state index in [1.165, 1.54) is 49.9 Å². The summed E-state index contributed by atoms with van der Waals surface area (Å²) in [6.07, 6.45) is 0. The summed E-state index contributed by atoms with van der Waals surface area (Å²) in [6.45, 7) is 4.70. The molecule has 3 heteroatoms. The van der Waals surface area contributed by atoms with Gasteiger partial charge in [0.2, 0.25) is 0 Å². The van der Waals surface area contributed by atoms with Crippen LogP contribution < -0.4 is 0 Å². The van der Waals surface area contributed by atoms with Crippen LogP contribution in [-0.2, 0) is 5.41 Å². The van der Waals surface area contributed by atoms with E-state index in [4.69, 9.17) is 15.0 Å². The van der Waals surface area contributed by atoms with Crippen LogP contribution in [0.3, 0.4) is 0 Å². The van der Waals surface area contributed by atoms with Gasteiger partial charge in [0, 0.05) is 22.1 Å². The number of benzene rings is 8. The highest BCUT2D eigenvalue weighted by atomic mass is 15.0. The maximum Gasteiger partial charge on any atom is 0.164 e. The molecular weight excluding hydrogens is 667 g/mol. The van der Waals surface area contributed by atoms with E-state index in [1.54, 1.807) is 0 Å². The largest absolute Gasteiger partial charge is 0.208 e. The minimum Gasteiger partial charge on any atom is -0.208 e. The normalized spacial score (nSPS) is 12.7. The average Bonchev–Trinajstić information content (AvgIpc) is 3.50. The lowest BCUT2D eigenvalue weighted by atomic mass is 9.78. The van der Waals surface area contributed by atoms with Gasteiger partial charge in [-0.3, -0.25) is 0 Å². The van der Waals surface area contributed by atoms with Crippen molar-refractivity contribution < 1.29 is 0 Å². The number of rotatable bonds is 6. The summed E-state index contributed by atoms with van der Waals surface area (Å²) < 4.78 is 0. The first-order chi connectivity index (χ1) is 27.0. The van der Waals surface area contributed by atoms with Crippen LogP contribution in [0.2, 0.25) is 0 Å². The lowest BCUT2D eigenvalue weighted by Gasteiger charge is -2.25. The predicted octanol–water partition coefficient (Wildman–Crippen LogP) is 13.3. The van der Waals surface area contributed by atoms with Gasteiger partial charge in [-0.1, -0.05) is 202 Å². The molecule has 0 bridgehead atoms. The van der Waals surface area contributed by atoms with E-state index in [-0.39, 0.29) is 5.41 Å². The second-order valence-corrected chi connectivity index (χ2v) is 14.8. The molecule has 0 atom stereocenters. The Hall–Kier alpha value is -6.97. The minimum absolute atomic E-state index is 0.133. The first-order valence-electron chi connectivity index (χ1n) is 18.9. The van der Waals surface area contributed by atoms with Crippen molar-refractivity contribution in [3.8, 4) is 78.7 Å². The molecule has 1 aliphatic carbocycles. The van der Waals surface area contributed by atoms with Gasteiger partial charge in [-0.2, -0.15) is 0 Å². The molecule has 0 fully saturated rings. The molecule has 0 saturated carbocycles. The number of hydrogen-bond acceptors (Lipinski definition) is 3. The topological polar surface area (TPSA) is 38.7 Å². The van der Waals surface area contributed by atoms with Gasteiger partial charge in [0.05, 0.1) is 0 Å². The summed E-state index contributed by atoms with van der Waals surface area (Å²) in [7, 11) is 0. The maximum absolute atomic E-state index is 5.21. The molecule has 9 aromatic rings. The Morgan fingerprint density at radius 2 is 0.673 bits per heavy atom. The Balaban J connectivity index is 1.13. The molecule has 260 valence electrons. The molecule has 3 nitrogen and oxygen atoms in total. The molecule has 0 aliphatic heterocycles. The fourth-order valence-corrected chi connectivity index (χ4v) is 8.45. The Kier molecular flexibility index (Phi) is 7.81. The van der Waals surface area contributed by atoms with Crippen molar-refractivity contribution in [2.24, 2.45) is 0 Å². The second-order valence-electron chi connectivity index (χ2n) is 14.8. The third-order valence-electron chi connectivity index (χ3n) is 11.2. The van der Waals surface area contributed by atoms with Crippen LogP contribution in [0.1, 0.15) is 25.0 Å². The van der Waals surface area contributed by atoms with Crippen LogP contribution in [-0.4, -0.2) is 15.0 Å². The van der Waals surface area contributed by atoms with E-state index in [1.807, 2.05) is 12.1 Å². The Bertz CT molecular complexity index is 2760. The van der Waals surface area contributed by atoms with Crippen LogP contribution in [0.4, 0.5) is 0 Å². The van der Waals surface area contributed by atoms with Crippen molar-refractivity contribution in [3.63, 3.8) is 0 Å². The molecule has 0 saturated heterocycles. The van der Waals surface area contributed by atoms with Gasteiger partial charge < -0.3 is 0 Å². The molecule has 0 spiro atoms. The number of fused-ring (bicyclic) bond motifs is 4. The molecular formula is C52H37N3. The first-order valence-corrected chi connectivity index (χ1v) is 18.9. The zero-order valence-electron chi connectivity index (χ0n) is 30.7. The molecule has 1 heterocycles. The highest BCUT2D eigenvalue weighted by Gasteiger charge is 2.37. The standard InChI is InChI=1S/C52H37N3/c1-52(2)47-25-10-9-18-43(47)45-23-13-22-44(48(45)52)41-20-11-21-42-40(41)19-12-24-46(42)51-54-49(38-30-26-36(27-31-38)34-14-5-3-6-15-34)53-50(55-51)39-32-28-37(29-33-39)35-16-7-4-8-17-35/h3-33H,1-2H3. The molecule has 0 amide bonds. The first kappa shape index (κ1) is 32.7. The zero-order chi connectivity index (χ0) is 36.9. The van der Waals surface area contributed by atoms with Crippen LogP contribution >= 0.6 is 0 Å². The van der Waals surface area contributed by atoms with Gasteiger partial charge in [-0.15, -0.1) is 0 Å². The smallest absolute Gasteiger partial charge is 0.164 e. The summed E-state index contributed by atoms with van der Waals surface area (Å²) >= 11 is 0. The van der Waals surface area contributed by atoms with E-state index in [0.29, 0.717) is 17.5 Å². The monoisotopic (exact) mass is 703 g/mol. The van der Waals surface area contributed by atoms with Crippen molar-refractivity contribution in [1.82, 2.24) is 15.0 Å². The molecule has 0 radical (unpaired) electrons. The van der Waals surface area contributed by atoms with E-state index in [9.17, 15) is 0 Å². The van der Waals surface area contributed by atoms with Gasteiger partial charge >= 0.3 is 0 Å². The number of nitrogens with zero attached hydrogens (tertiary/aromatic N) is 3. The van der Waals surface area contributed by atoms with Crippen molar-refractivity contribution in [2.75, 3.05) is 0 Å². The summed E-state index contributed by atoms with van der Waals surface area (Å²) in [5, 5.41) is 2.27. The third kappa shape index (κ3) is 5.64. The predicted molar refractivity (Wildman–Crippen MR) is 228 cm³/mol. The average molecular weight is 704 g/mol. The van der Waals surface area contributed by atoms with Gasteiger partial charge in [-0.25, -0.2) is 15.0 Å². The third-order valence-corrected chi connectivity index (χ3v) is 11.2. The summed E-state index contributed by atoms with van der Waals surface area (Å²) in [5.41, 5.74) is 15.2. The highest BCUT2D eigenvalue weighted by molar-refractivity contribution is 6.05. The summed E-state index contributed by atoms with van der Waals surface area (Å²) in [4.78, 5) is 15.5. The number of hydrogen-bond donors (Lipinski definition) is 0. The minimum atomic E-state index is -0.133. The van der Waals surface area contributed by atoms with Crippen LogP contribution in [0.25, 0.3) is 89.4 Å². The summed E-state index contributed by atoms with van der Waals surface area (Å²) in [5.74, 6) is 1.92. The Labute approximate surface area is 321 Å². The van der Waals surface area contributed by atoms with Crippen LogP contribution in [0.5, 0.6) is 0 Å². The zero-order valence-corrected chi connectivity index (χ0v) is 30.7. The molecule has 0 unspecified atom stereocenters. The quantitative estimate of drug-likeness (QED) is 0.173. The van der Waals surface area contributed by atoms with Crippen molar-refractivity contribution >= 4 is 10.8 Å². The van der Waals surface area contributed by atoms with Crippen molar-refractivity contribution in [3.05, 3.63) is 199 Å². The number of aromatic nitrogens is 3. The molecule has 8 aromatic carbocycles. The molecule has 10 rings (SSSR count).